The average Bonchev–Trinajstić information content (AvgIpc) is 2.59. The van der Waals surface area contributed by atoms with Crippen molar-refractivity contribution in [2.75, 3.05) is 0 Å². The molecule has 0 spiro atoms. The molecular formula is C13H12BrClS. The fourth-order valence-electron chi connectivity index (χ4n) is 1.52. The van der Waals surface area contributed by atoms with Gasteiger partial charge in [-0.25, -0.2) is 0 Å². The van der Waals surface area contributed by atoms with Crippen LogP contribution in [0.1, 0.15) is 25.7 Å². The third kappa shape index (κ3) is 2.50. The summed E-state index contributed by atoms with van der Waals surface area (Å²) in [5, 5.41) is 0.780. The first-order valence-corrected chi connectivity index (χ1v) is 7.15. The highest BCUT2D eigenvalue weighted by Crippen LogP contribution is 2.36. The number of hydrogen-bond acceptors (Lipinski definition) is 1. The van der Waals surface area contributed by atoms with Gasteiger partial charge in [0.2, 0.25) is 0 Å². The summed E-state index contributed by atoms with van der Waals surface area (Å²) >= 11 is 11.5. The molecule has 0 nitrogen and oxygen atoms in total. The molecule has 0 aliphatic carbocycles. The maximum absolute atomic E-state index is 5.88. The number of thiophene rings is 1. The van der Waals surface area contributed by atoms with Crippen molar-refractivity contribution < 1.29 is 0 Å². The Morgan fingerprint density at radius 3 is 2.31 bits per heavy atom. The molecule has 0 saturated heterocycles. The quantitative estimate of drug-likeness (QED) is 0.642. The number of alkyl halides is 1. The van der Waals surface area contributed by atoms with Crippen molar-refractivity contribution in [3.63, 3.8) is 0 Å². The fourth-order valence-corrected chi connectivity index (χ4v) is 3.42. The number of rotatable bonds is 2. The zero-order valence-electron chi connectivity index (χ0n) is 9.13. The van der Waals surface area contributed by atoms with E-state index in [-0.39, 0.29) is 4.83 Å². The minimum absolute atomic E-state index is 0.266. The molecule has 1 atom stereocenters. The van der Waals surface area contributed by atoms with Crippen molar-refractivity contribution in [3.8, 4) is 0 Å². The molecule has 0 aliphatic heterocycles. The highest BCUT2D eigenvalue weighted by molar-refractivity contribution is 9.09. The first kappa shape index (κ1) is 12.2. The second-order valence-corrected chi connectivity index (χ2v) is 6.44. The van der Waals surface area contributed by atoms with Gasteiger partial charge in [0.15, 0.2) is 0 Å². The van der Waals surface area contributed by atoms with E-state index in [9.17, 15) is 0 Å². The van der Waals surface area contributed by atoms with E-state index in [4.69, 9.17) is 11.6 Å². The van der Waals surface area contributed by atoms with E-state index in [1.54, 1.807) is 0 Å². The molecule has 1 aromatic heterocycles. The van der Waals surface area contributed by atoms with Crippen molar-refractivity contribution in [3.05, 3.63) is 56.2 Å². The summed E-state index contributed by atoms with van der Waals surface area (Å²) in [5.41, 5.74) is 2.60. The topological polar surface area (TPSA) is 0 Å². The summed E-state index contributed by atoms with van der Waals surface area (Å²) in [6, 6.07) is 10.2. The maximum atomic E-state index is 5.88. The van der Waals surface area contributed by atoms with Gasteiger partial charge in [-0.1, -0.05) is 39.7 Å². The first-order chi connectivity index (χ1) is 7.58. The smallest absolute Gasteiger partial charge is 0.0738 e. The van der Waals surface area contributed by atoms with E-state index < -0.39 is 0 Å². The third-order valence-electron chi connectivity index (χ3n) is 2.60. The van der Waals surface area contributed by atoms with Crippen LogP contribution in [0, 0.1) is 13.8 Å². The molecule has 0 bridgehead atoms. The van der Waals surface area contributed by atoms with Gasteiger partial charge in [-0.05, 0) is 43.2 Å². The van der Waals surface area contributed by atoms with E-state index in [0.717, 1.165) is 5.02 Å². The summed E-state index contributed by atoms with van der Waals surface area (Å²) in [7, 11) is 0. The Balaban J connectivity index is 2.31. The zero-order valence-corrected chi connectivity index (χ0v) is 12.3. The molecule has 84 valence electrons. The van der Waals surface area contributed by atoms with Gasteiger partial charge in [0.05, 0.1) is 4.83 Å². The fraction of sp³-hybridized carbons (Fsp3) is 0.231. The molecule has 0 radical (unpaired) electrons. The van der Waals surface area contributed by atoms with Crippen molar-refractivity contribution in [1.82, 2.24) is 0 Å². The van der Waals surface area contributed by atoms with Gasteiger partial charge in [-0.15, -0.1) is 11.3 Å². The summed E-state index contributed by atoms with van der Waals surface area (Å²) < 4.78 is 0. The van der Waals surface area contributed by atoms with Crippen LogP contribution in [0.4, 0.5) is 0 Å². The Bertz CT molecular complexity index is 468. The molecule has 1 aromatic carbocycles. The average molecular weight is 316 g/mol. The van der Waals surface area contributed by atoms with Crippen LogP contribution in [0.25, 0.3) is 0 Å². The Labute approximate surface area is 113 Å². The molecule has 2 aromatic rings. The first-order valence-electron chi connectivity index (χ1n) is 5.04. The van der Waals surface area contributed by atoms with Gasteiger partial charge in [0.25, 0.3) is 0 Å². The molecule has 0 N–H and O–H groups in total. The lowest BCUT2D eigenvalue weighted by atomic mass is 10.1. The SMILES string of the molecule is Cc1cc(C(Br)c2ccc(Cl)cc2)sc1C. The largest absolute Gasteiger partial charge is 0.144 e. The molecule has 1 heterocycles. The Morgan fingerprint density at radius 1 is 1.19 bits per heavy atom. The summed E-state index contributed by atoms with van der Waals surface area (Å²) in [6.07, 6.45) is 0. The number of benzene rings is 1. The Morgan fingerprint density at radius 2 is 1.81 bits per heavy atom. The highest BCUT2D eigenvalue weighted by Gasteiger charge is 2.13. The van der Waals surface area contributed by atoms with Gasteiger partial charge in [-0.2, -0.15) is 0 Å². The lowest BCUT2D eigenvalue weighted by molar-refractivity contribution is 1.22. The minimum atomic E-state index is 0.266. The van der Waals surface area contributed by atoms with E-state index in [1.807, 2.05) is 23.5 Å². The van der Waals surface area contributed by atoms with Crippen LogP contribution < -0.4 is 0 Å². The number of hydrogen-bond donors (Lipinski definition) is 0. The van der Waals surface area contributed by atoms with Crippen LogP contribution in [0.15, 0.2) is 30.3 Å². The monoisotopic (exact) mass is 314 g/mol. The van der Waals surface area contributed by atoms with Crippen LogP contribution in [-0.2, 0) is 0 Å². The van der Waals surface area contributed by atoms with Crippen molar-refractivity contribution in [1.29, 1.82) is 0 Å². The van der Waals surface area contributed by atoms with Gasteiger partial charge >= 0.3 is 0 Å². The van der Waals surface area contributed by atoms with Crippen LogP contribution >= 0.6 is 38.9 Å². The van der Waals surface area contributed by atoms with E-state index >= 15 is 0 Å². The standard InChI is InChI=1S/C13H12BrClS/c1-8-7-12(16-9(8)2)13(14)10-3-5-11(15)6-4-10/h3-7,13H,1-2H3. The Kier molecular flexibility index (Phi) is 3.73. The molecule has 0 amide bonds. The highest BCUT2D eigenvalue weighted by atomic mass is 79.9. The van der Waals surface area contributed by atoms with Gasteiger partial charge in [-0.3, -0.25) is 0 Å². The molecule has 0 saturated carbocycles. The molecule has 0 fully saturated rings. The van der Waals surface area contributed by atoms with Gasteiger partial charge < -0.3 is 0 Å². The summed E-state index contributed by atoms with van der Waals surface area (Å²) in [4.78, 5) is 2.99. The Hall–Kier alpha value is -0.310. The molecule has 2 rings (SSSR count). The van der Waals surface area contributed by atoms with Gasteiger partial charge in [0.1, 0.15) is 0 Å². The number of halogens is 2. The lowest BCUT2D eigenvalue weighted by Crippen LogP contribution is -1.88. The lowest BCUT2D eigenvalue weighted by Gasteiger charge is -2.07. The maximum Gasteiger partial charge on any atom is 0.0738 e. The second-order valence-electron chi connectivity index (χ2n) is 3.80. The summed E-state index contributed by atoms with van der Waals surface area (Å²) in [6.45, 7) is 4.31. The van der Waals surface area contributed by atoms with Gasteiger partial charge in [0, 0.05) is 14.8 Å². The van der Waals surface area contributed by atoms with Crippen molar-refractivity contribution in [2.45, 2.75) is 18.7 Å². The van der Waals surface area contributed by atoms with Crippen LogP contribution in [-0.4, -0.2) is 0 Å². The van der Waals surface area contributed by atoms with Crippen molar-refractivity contribution >= 4 is 38.9 Å². The molecule has 16 heavy (non-hydrogen) atoms. The van der Waals surface area contributed by atoms with Crippen LogP contribution in [0.3, 0.4) is 0 Å². The predicted molar refractivity (Wildman–Crippen MR) is 76.0 cm³/mol. The van der Waals surface area contributed by atoms with Crippen molar-refractivity contribution in [2.24, 2.45) is 0 Å². The van der Waals surface area contributed by atoms with Crippen LogP contribution in [0.2, 0.25) is 5.02 Å². The molecule has 1 unspecified atom stereocenters. The molecule has 3 heteroatoms. The summed E-state index contributed by atoms with van der Waals surface area (Å²) in [5.74, 6) is 0. The van der Waals surface area contributed by atoms with E-state index in [0.29, 0.717) is 0 Å². The molecule has 0 aliphatic rings. The van der Waals surface area contributed by atoms with E-state index in [1.165, 1.54) is 20.9 Å². The normalized spacial score (nSPS) is 12.8. The van der Waals surface area contributed by atoms with Crippen LogP contribution in [0.5, 0.6) is 0 Å². The third-order valence-corrected chi connectivity index (χ3v) is 5.39. The minimum Gasteiger partial charge on any atom is -0.144 e. The molecular weight excluding hydrogens is 304 g/mol. The predicted octanol–water partition coefficient (Wildman–Crippen LogP) is 5.50. The number of aryl methyl sites for hydroxylation is 2. The van der Waals surface area contributed by atoms with E-state index in [2.05, 4.69) is 48.0 Å². The zero-order chi connectivity index (χ0) is 11.7. The second kappa shape index (κ2) is 4.91.